The van der Waals surface area contributed by atoms with Crippen LogP contribution >= 0.6 is 11.8 Å². The molecule has 2 aromatic rings. The first-order chi connectivity index (χ1) is 12.1. The average molecular weight is 360 g/mol. The minimum absolute atomic E-state index is 0.150. The van der Waals surface area contributed by atoms with Gasteiger partial charge in [-0.15, -0.1) is 11.8 Å². The molecule has 6 nitrogen and oxygen atoms in total. The Kier molecular flexibility index (Phi) is 7.16. The van der Waals surface area contributed by atoms with Gasteiger partial charge in [0.25, 0.3) is 0 Å². The van der Waals surface area contributed by atoms with Crippen molar-refractivity contribution in [2.24, 2.45) is 0 Å². The maximum absolute atomic E-state index is 12.1. The summed E-state index contributed by atoms with van der Waals surface area (Å²) in [6.45, 7) is 0. The largest absolute Gasteiger partial charge is 0.497 e. The Bertz CT molecular complexity index is 722. The number of hydrogen-bond acceptors (Lipinski definition) is 5. The summed E-state index contributed by atoms with van der Waals surface area (Å²) in [5.74, 6) is 1.14. The second-order valence-electron chi connectivity index (χ2n) is 5.02. The Morgan fingerprint density at radius 1 is 0.920 bits per heavy atom. The van der Waals surface area contributed by atoms with Gasteiger partial charge < -0.3 is 20.1 Å². The lowest BCUT2D eigenvalue weighted by atomic mass is 10.2. The van der Waals surface area contributed by atoms with E-state index < -0.39 is 0 Å². The highest BCUT2D eigenvalue weighted by molar-refractivity contribution is 8.00. The number of thioether (sulfide) groups is 1. The molecule has 0 saturated heterocycles. The molecular formula is C18H20N2O4S. The zero-order valence-corrected chi connectivity index (χ0v) is 14.9. The molecule has 0 bridgehead atoms. The zero-order valence-electron chi connectivity index (χ0n) is 14.1. The van der Waals surface area contributed by atoms with E-state index in [4.69, 9.17) is 9.47 Å². The van der Waals surface area contributed by atoms with Gasteiger partial charge in [-0.25, -0.2) is 0 Å². The molecule has 0 aromatic heterocycles. The molecule has 0 atom stereocenters. The van der Waals surface area contributed by atoms with Crippen molar-refractivity contribution in [2.45, 2.75) is 0 Å². The second-order valence-corrected chi connectivity index (χ2v) is 6.01. The fraction of sp³-hybridized carbons (Fsp3) is 0.222. The average Bonchev–Trinajstić information content (AvgIpc) is 2.62. The third-order valence-electron chi connectivity index (χ3n) is 3.20. The Labute approximate surface area is 150 Å². The fourth-order valence-corrected chi connectivity index (χ4v) is 2.67. The van der Waals surface area contributed by atoms with Gasteiger partial charge in [0.1, 0.15) is 11.5 Å². The van der Waals surface area contributed by atoms with Crippen LogP contribution in [0.2, 0.25) is 0 Å². The van der Waals surface area contributed by atoms with Crippen LogP contribution in [-0.4, -0.2) is 37.5 Å². The molecule has 2 amide bonds. The van der Waals surface area contributed by atoms with Crippen LogP contribution in [0.4, 0.5) is 11.4 Å². The molecule has 0 heterocycles. The molecular weight excluding hydrogens is 340 g/mol. The molecule has 2 aromatic carbocycles. The van der Waals surface area contributed by atoms with Crippen LogP contribution in [0.1, 0.15) is 0 Å². The summed E-state index contributed by atoms with van der Waals surface area (Å²) in [4.78, 5) is 23.9. The number of carbonyl (C=O) groups excluding carboxylic acids is 2. The summed E-state index contributed by atoms with van der Waals surface area (Å²) in [6.07, 6.45) is 0. The summed E-state index contributed by atoms with van der Waals surface area (Å²) in [5.41, 5.74) is 1.26. The lowest BCUT2D eigenvalue weighted by Crippen LogP contribution is -2.18. The first-order valence-corrected chi connectivity index (χ1v) is 8.72. The van der Waals surface area contributed by atoms with Crippen molar-refractivity contribution in [3.8, 4) is 11.5 Å². The van der Waals surface area contributed by atoms with Crippen molar-refractivity contribution in [1.29, 1.82) is 0 Å². The summed E-state index contributed by atoms with van der Waals surface area (Å²) in [6, 6.07) is 14.3. The van der Waals surface area contributed by atoms with Crippen LogP contribution in [-0.2, 0) is 9.59 Å². The fourth-order valence-electron chi connectivity index (χ4n) is 2.05. The number of amides is 2. The van der Waals surface area contributed by atoms with Crippen LogP contribution in [0.25, 0.3) is 0 Å². The number of methoxy groups -OCH3 is 2. The quantitative estimate of drug-likeness (QED) is 0.757. The van der Waals surface area contributed by atoms with E-state index in [0.29, 0.717) is 17.2 Å². The van der Waals surface area contributed by atoms with E-state index in [1.807, 2.05) is 30.3 Å². The third kappa shape index (κ3) is 6.04. The third-order valence-corrected chi connectivity index (χ3v) is 4.14. The van der Waals surface area contributed by atoms with Gasteiger partial charge in [0.15, 0.2) is 0 Å². The normalized spacial score (nSPS) is 10.0. The second kappa shape index (κ2) is 9.58. The number of anilines is 2. The Morgan fingerprint density at radius 2 is 1.60 bits per heavy atom. The van der Waals surface area contributed by atoms with E-state index >= 15 is 0 Å². The number of hydrogen-bond donors (Lipinski definition) is 2. The topological polar surface area (TPSA) is 76.7 Å². The van der Waals surface area contributed by atoms with Crippen LogP contribution in [0.5, 0.6) is 11.5 Å². The van der Waals surface area contributed by atoms with Crippen molar-refractivity contribution in [1.82, 2.24) is 0 Å². The van der Waals surface area contributed by atoms with Gasteiger partial charge in [-0.05, 0) is 24.3 Å². The number of benzene rings is 2. The highest BCUT2D eigenvalue weighted by Crippen LogP contribution is 2.28. The van der Waals surface area contributed by atoms with E-state index in [9.17, 15) is 9.59 Å². The number of rotatable bonds is 8. The van der Waals surface area contributed by atoms with Crippen molar-refractivity contribution in [3.63, 3.8) is 0 Å². The molecule has 0 fully saturated rings. The minimum Gasteiger partial charge on any atom is -0.497 e. The lowest BCUT2D eigenvalue weighted by molar-refractivity contribution is -0.114. The molecule has 0 spiro atoms. The van der Waals surface area contributed by atoms with Crippen LogP contribution in [0.15, 0.2) is 48.5 Å². The van der Waals surface area contributed by atoms with Gasteiger partial charge >= 0.3 is 0 Å². The molecule has 2 rings (SSSR count). The summed E-state index contributed by atoms with van der Waals surface area (Å²) in [7, 11) is 3.08. The molecule has 0 aliphatic heterocycles. The predicted octanol–water partition coefficient (Wildman–Crippen LogP) is 3.01. The van der Waals surface area contributed by atoms with Crippen molar-refractivity contribution < 1.29 is 19.1 Å². The van der Waals surface area contributed by atoms with Crippen molar-refractivity contribution in [2.75, 3.05) is 36.4 Å². The van der Waals surface area contributed by atoms with Crippen LogP contribution in [0.3, 0.4) is 0 Å². The smallest absolute Gasteiger partial charge is 0.234 e. The summed E-state index contributed by atoms with van der Waals surface area (Å²) >= 11 is 1.24. The van der Waals surface area contributed by atoms with E-state index in [1.165, 1.54) is 18.9 Å². The molecule has 0 aliphatic rings. The Balaban J connectivity index is 1.80. The number of ether oxygens (including phenoxy) is 2. The summed E-state index contributed by atoms with van der Waals surface area (Å²) in [5, 5.41) is 5.53. The van der Waals surface area contributed by atoms with Gasteiger partial charge in [-0.2, -0.15) is 0 Å². The molecule has 132 valence electrons. The Hall–Kier alpha value is -2.67. The van der Waals surface area contributed by atoms with Gasteiger partial charge in [-0.1, -0.05) is 18.2 Å². The standard InChI is InChI=1S/C18H20N2O4S/c1-23-14-8-9-16(24-2)15(10-14)20-18(22)12-25-11-17(21)19-13-6-4-3-5-7-13/h3-10H,11-12H2,1-2H3,(H,19,21)(H,20,22). The molecule has 25 heavy (non-hydrogen) atoms. The zero-order chi connectivity index (χ0) is 18.1. The number of carbonyl (C=O) groups is 2. The van der Waals surface area contributed by atoms with E-state index in [1.54, 1.807) is 25.3 Å². The number of para-hydroxylation sites is 1. The van der Waals surface area contributed by atoms with Crippen LogP contribution < -0.4 is 20.1 Å². The molecule has 0 aliphatic carbocycles. The van der Waals surface area contributed by atoms with E-state index in [0.717, 1.165) is 5.69 Å². The van der Waals surface area contributed by atoms with Crippen molar-refractivity contribution in [3.05, 3.63) is 48.5 Å². The minimum atomic E-state index is -0.218. The SMILES string of the molecule is COc1ccc(OC)c(NC(=O)CSCC(=O)Nc2ccccc2)c1. The molecule has 0 unspecified atom stereocenters. The molecule has 0 radical (unpaired) electrons. The first kappa shape index (κ1) is 18.7. The van der Waals surface area contributed by atoms with Gasteiger partial charge in [0, 0.05) is 11.8 Å². The summed E-state index contributed by atoms with van der Waals surface area (Å²) < 4.78 is 10.4. The van der Waals surface area contributed by atoms with E-state index in [-0.39, 0.29) is 23.3 Å². The highest BCUT2D eigenvalue weighted by atomic mass is 32.2. The Morgan fingerprint density at radius 3 is 2.24 bits per heavy atom. The predicted molar refractivity (Wildman–Crippen MR) is 101 cm³/mol. The maximum Gasteiger partial charge on any atom is 0.234 e. The maximum atomic E-state index is 12.1. The monoisotopic (exact) mass is 360 g/mol. The molecule has 0 saturated carbocycles. The first-order valence-electron chi connectivity index (χ1n) is 7.57. The van der Waals surface area contributed by atoms with Crippen molar-refractivity contribution >= 4 is 35.0 Å². The van der Waals surface area contributed by atoms with Crippen LogP contribution in [0, 0.1) is 0 Å². The van der Waals surface area contributed by atoms with Gasteiger partial charge in [0.2, 0.25) is 11.8 Å². The molecule has 7 heteroatoms. The lowest BCUT2D eigenvalue weighted by Gasteiger charge is -2.11. The van der Waals surface area contributed by atoms with Gasteiger partial charge in [-0.3, -0.25) is 9.59 Å². The molecule has 2 N–H and O–H groups in total. The van der Waals surface area contributed by atoms with E-state index in [2.05, 4.69) is 10.6 Å². The number of nitrogens with one attached hydrogen (secondary N) is 2. The highest BCUT2D eigenvalue weighted by Gasteiger charge is 2.10. The van der Waals surface area contributed by atoms with Gasteiger partial charge in [0.05, 0.1) is 31.4 Å².